The maximum absolute atomic E-state index is 13.4. The number of halogens is 2. The lowest BCUT2D eigenvalue weighted by Crippen LogP contribution is -2.30. The average Bonchev–Trinajstić information content (AvgIpc) is 3.30. The third-order valence-electron chi connectivity index (χ3n) is 5.07. The van der Waals surface area contributed by atoms with Gasteiger partial charge < -0.3 is 4.90 Å². The lowest BCUT2D eigenvalue weighted by atomic mass is 10.1. The first kappa shape index (κ1) is 23.8. The van der Waals surface area contributed by atoms with Gasteiger partial charge in [-0.2, -0.15) is 0 Å². The summed E-state index contributed by atoms with van der Waals surface area (Å²) in [5, 5.41) is 14.7. The first-order chi connectivity index (χ1) is 16.4. The molecular weight excluding hydrogens is 495 g/mol. The molecule has 2 aromatic carbocycles. The fourth-order valence-electron chi connectivity index (χ4n) is 3.40. The summed E-state index contributed by atoms with van der Waals surface area (Å²) in [5.41, 5.74) is 2.55. The van der Waals surface area contributed by atoms with Gasteiger partial charge in [0.25, 0.3) is 11.6 Å². The Hall–Kier alpha value is -3.33. The molecule has 4 aromatic rings. The summed E-state index contributed by atoms with van der Waals surface area (Å²) in [4.78, 5) is 34.3. The van der Waals surface area contributed by atoms with Crippen LogP contribution in [0.15, 0.2) is 72.4 Å². The Labute approximate surface area is 209 Å². The quantitative estimate of drug-likeness (QED) is 0.207. The molecule has 172 valence electrons. The molecule has 2 heterocycles. The van der Waals surface area contributed by atoms with E-state index in [1.54, 1.807) is 53.0 Å². The van der Waals surface area contributed by atoms with Gasteiger partial charge in [0.1, 0.15) is 5.69 Å². The van der Waals surface area contributed by atoms with Crippen LogP contribution in [-0.4, -0.2) is 25.7 Å². The van der Waals surface area contributed by atoms with E-state index in [4.69, 9.17) is 23.2 Å². The van der Waals surface area contributed by atoms with E-state index in [0.29, 0.717) is 39.3 Å². The lowest BCUT2D eigenvalue weighted by Gasteiger charge is -2.22. The van der Waals surface area contributed by atoms with Crippen molar-refractivity contribution in [1.29, 1.82) is 0 Å². The molecule has 0 atom stereocenters. The molecule has 0 N–H and O–H groups in total. The number of aromatic nitrogens is 2. The Morgan fingerprint density at radius 1 is 1.00 bits per heavy atom. The highest BCUT2D eigenvalue weighted by molar-refractivity contribution is 7.09. The van der Waals surface area contributed by atoms with Crippen molar-refractivity contribution in [3.05, 3.63) is 120 Å². The zero-order chi connectivity index (χ0) is 24.1. The molecular formula is C24H18Cl2N4O3S. The van der Waals surface area contributed by atoms with E-state index in [1.165, 1.54) is 23.5 Å². The summed E-state index contributed by atoms with van der Waals surface area (Å²) in [7, 11) is 0. The van der Waals surface area contributed by atoms with Crippen LogP contribution in [0.25, 0.3) is 0 Å². The van der Waals surface area contributed by atoms with Crippen molar-refractivity contribution < 1.29 is 9.72 Å². The highest BCUT2D eigenvalue weighted by Crippen LogP contribution is 2.28. The van der Waals surface area contributed by atoms with E-state index in [-0.39, 0.29) is 18.1 Å². The molecule has 0 bridgehead atoms. The lowest BCUT2D eigenvalue weighted by molar-refractivity contribution is -0.384. The second kappa shape index (κ2) is 10.7. The fraction of sp³-hybridized carbons (Fsp3) is 0.125. The van der Waals surface area contributed by atoms with Crippen LogP contribution in [0.4, 0.5) is 5.69 Å². The number of thiazole rings is 1. The van der Waals surface area contributed by atoms with Gasteiger partial charge in [-0.15, -0.1) is 11.3 Å². The standard InChI is InChI=1S/C24H18Cl2N4O3S/c25-20-5-2-6-21(26)19(20)12-23-28-22(15-34-23)24(31)29(13-16-7-9-27-10-8-16)14-17-3-1-4-18(11-17)30(32)33/h1-11,15H,12-14H2. The van der Waals surface area contributed by atoms with E-state index in [9.17, 15) is 14.9 Å². The average molecular weight is 513 g/mol. The maximum Gasteiger partial charge on any atom is 0.273 e. The number of nitro benzene ring substituents is 1. The molecule has 0 radical (unpaired) electrons. The molecule has 0 aliphatic heterocycles. The van der Waals surface area contributed by atoms with Crippen LogP contribution in [0.5, 0.6) is 0 Å². The normalized spacial score (nSPS) is 10.8. The van der Waals surface area contributed by atoms with Gasteiger partial charge in [-0.1, -0.05) is 41.4 Å². The van der Waals surface area contributed by atoms with Crippen LogP contribution in [-0.2, 0) is 19.5 Å². The van der Waals surface area contributed by atoms with E-state index in [1.807, 2.05) is 12.1 Å². The Bertz CT molecular complexity index is 1310. The molecule has 0 aliphatic rings. The van der Waals surface area contributed by atoms with Gasteiger partial charge in [-0.25, -0.2) is 4.98 Å². The zero-order valence-electron chi connectivity index (χ0n) is 17.7. The third-order valence-corrected chi connectivity index (χ3v) is 6.62. The Kier molecular flexibility index (Phi) is 7.52. The van der Waals surface area contributed by atoms with E-state index in [0.717, 1.165) is 11.1 Å². The molecule has 0 saturated carbocycles. The smallest absolute Gasteiger partial charge is 0.273 e. The number of benzene rings is 2. The first-order valence-corrected chi connectivity index (χ1v) is 11.8. The summed E-state index contributed by atoms with van der Waals surface area (Å²) < 4.78 is 0. The Morgan fingerprint density at radius 2 is 1.68 bits per heavy atom. The van der Waals surface area contributed by atoms with Crippen molar-refractivity contribution in [2.45, 2.75) is 19.5 Å². The van der Waals surface area contributed by atoms with Crippen molar-refractivity contribution in [3.63, 3.8) is 0 Å². The molecule has 0 saturated heterocycles. The van der Waals surface area contributed by atoms with Crippen LogP contribution in [0, 0.1) is 10.1 Å². The summed E-state index contributed by atoms with van der Waals surface area (Å²) in [6.45, 7) is 0.485. The van der Waals surface area contributed by atoms with Crippen molar-refractivity contribution in [2.24, 2.45) is 0 Å². The molecule has 0 spiro atoms. The number of carbonyl (C=O) groups excluding carboxylic acids is 1. The van der Waals surface area contributed by atoms with Crippen molar-refractivity contribution in [1.82, 2.24) is 14.9 Å². The number of non-ortho nitro benzene ring substituents is 1. The monoisotopic (exact) mass is 512 g/mol. The predicted octanol–water partition coefficient (Wildman–Crippen LogP) is 6.19. The molecule has 0 aliphatic carbocycles. The fourth-order valence-corrected chi connectivity index (χ4v) is 4.71. The number of rotatable bonds is 8. The topological polar surface area (TPSA) is 89.2 Å². The predicted molar refractivity (Wildman–Crippen MR) is 132 cm³/mol. The van der Waals surface area contributed by atoms with Gasteiger partial charge >= 0.3 is 0 Å². The molecule has 4 rings (SSSR count). The number of carbonyl (C=O) groups is 1. The second-order valence-electron chi connectivity index (χ2n) is 7.45. The van der Waals surface area contributed by atoms with Crippen LogP contribution in [0.2, 0.25) is 10.0 Å². The van der Waals surface area contributed by atoms with Gasteiger partial charge in [0.05, 0.1) is 9.93 Å². The molecule has 7 nitrogen and oxygen atoms in total. The largest absolute Gasteiger partial charge is 0.329 e. The molecule has 1 amide bonds. The Morgan fingerprint density at radius 3 is 2.38 bits per heavy atom. The minimum absolute atomic E-state index is 0.0265. The SMILES string of the molecule is O=C(c1csc(Cc2c(Cl)cccc2Cl)n1)N(Cc1ccncc1)Cc1cccc([N+](=O)[O-])c1. The van der Waals surface area contributed by atoms with E-state index in [2.05, 4.69) is 9.97 Å². The van der Waals surface area contributed by atoms with E-state index < -0.39 is 4.92 Å². The molecule has 2 aromatic heterocycles. The maximum atomic E-state index is 13.4. The summed E-state index contributed by atoms with van der Waals surface area (Å²) in [6.07, 6.45) is 3.71. The summed E-state index contributed by atoms with van der Waals surface area (Å²) in [6, 6.07) is 15.2. The zero-order valence-corrected chi connectivity index (χ0v) is 20.1. The van der Waals surface area contributed by atoms with Gasteiger partial charge in [0, 0.05) is 59.5 Å². The number of hydrogen-bond donors (Lipinski definition) is 0. The van der Waals surface area contributed by atoms with Crippen LogP contribution >= 0.6 is 34.5 Å². The van der Waals surface area contributed by atoms with E-state index >= 15 is 0 Å². The van der Waals surface area contributed by atoms with Gasteiger partial charge in [0.2, 0.25) is 0 Å². The molecule has 0 fully saturated rings. The van der Waals surface area contributed by atoms with Gasteiger partial charge in [-0.3, -0.25) is 19.9 Å². The van der Waals surface area contributed by atoms with Crippen molar-refractivity contribution in [2.75, 3.05) is 0 Å². The van der Waals surface area contributed by atoms with Crippen molar-refractivity contribution in [3.8, 4) is 0 Å². The number of hydrogen-bond acceptors (Lipinski definition) is 6. The molecule has 10 heteroatoms. The highest BCUT2D eigenvalue weighted by atomic mass is 35.5. The van der Waals surface area contributed by atoms with Crippen LogP contribution < -0.4 is 0 Å². The number of pyridine rings is 1. The minimum atomic E-state index is -0.453. The second-order valence-corrected chi connectivity index (χ2v) is 9.20. The van der Waals surface area contributed by atoms with Gasteiger partial charge in [-0.05, 0) is 41.0 Å². The number of amides is 1. The molecule has 34 heavy (non-hydrogen) atoms. The number of nitro groups is 1. The number of nitrogens with zero attached hydrogens (tertiary/aromatic N) is 4. The first-order valence-electron chi connectivity index (χ1n) is 10.2. The summed E-state index contributed by atoms with van der Waals surface area (Å²) >= 11 is 13.9. The van der Waals surface area contributed by atoms with Crippen molar-refractivity contribution >= 4 is 46.1 Å². The minimum Gasteiger partial charge on any atom is -0.329 e. The van der Waals surface area contributed by atoms with Crippen LogP contribution in [0.3, 0.4) is 0 Å². The highest BCUT2D eigenvalue weighted by Gasteiger charge is 2.21. The summed E-state index contributed by atoms with van der Waals surface area (Å²) in [5.74, 6) is -0.281. The molecule has 0 unspecified atom stereocenters. The third kappa shape index (κ3) is 5.77. The van der Waals surface area contributed by atoms with Gasteiger partial charge in [0.15, 0.2) is 0 Å². The van der Waals surface area contributed by atoms with Crippen LogP contribution in [0.1, 0.15) is 32.2 Å². The Balaban J connectivity index is 1.59.